The molecular formula is C11H12N4O3. The Hall–Kier alpha value is -2.44. The number of carboxylic acids is 1. The Kier molecular flexibility index (Phi) is 3.22. The Morgan fingerprint density at radius 3 is 3.00 bits per heavy atom. The fraction of sp³-hybridized carbons (Fsp3) is 0.273. The summed E-state index contributed by atoms with van der Waals surface area (Å²) in [5, 5.41) is 18.7. The first-order valence-corrected chi connectivity index (χ1v) is 5.38. The van der Waals surface area contributed by atoms with Gasteiger partial charge in [0.15, 0.2) is 5.65 Å². The quantitative estimate of drug-likeness (QED) is 0.812. The van der Waals surface area contributed by atoms with Gasteiger partial charge in [-0.25, -0.2) is 0 Å². The van der Waals surface area contributed by atoms with E-state index in [1.54, 1.807) is 29.7 Å². The average molecular weight is 248 g/mol. The third kappa shape index (κ3) is 2.62. The average Bonchev–Trinajstić information content (AvgIpc) is 2.74. The number of fused-ring (bicyclic) bond motifs is 1. The van der Waals surface area contributed by atoms with Gasteiger partial charge in [-0.2, -0.15) is 0 Å². The van der Waals surface area contributed by atoms with Crippen molar-refractivity contribution in [3.05, 3.63) is 30.2 Å². The number of rotatable bonds is 4. The third-order valence-electron chi connectivity index (χ3n) is 2.41. The maximum Gasteiger partial charge on any atom is 0.305 e. The summed E-state index contributed by atoms with van der Waals surface area (Å²) in [7, 11) is 0. The predicted octanol–water partition coefficient (Wildman–Crippen LogP) is 0.322. The summed E-state index contributed by atoms with van der Waals surface area (Å²) in [6.45, 7) is 1.64. The maximum absolute atomic E-state index is 11.8. The zero-order valence-corrected chi connectivity index (χ0v) is 9.70. The monoisotopic (exact) mass is 248 g/mol. The van der Waals surface area contributed by atoms with Crippen molar-refractivity contribution >= 4 is 17.5 Å². The number of carbonyl (C=O) groups excluding carboxylic acids is 1. The third-order valence-corrected chi connectivity index (χ3v) is 2.41. The highest BCUT2D eigenvalue weighted by Gasteiger charge is 2.13. The zero-order valence-electron chi connectivity index (χ0n) is 9.70. The first-order chi connectivity index (χ1) is 8.56. The van der Waals surface area contributed by atoms with Crippen LogP contribution in [0.1, 0.15) is 23.7 Å². The van der Waals surface area contributed by atoms with E-state index in [2.05, 4.69) is 15.5 Å². The molecule has 0 bridgehead atoms. The summed E-state index contributed by atoms with van der Waals surface area (Å²) in [6, 6.07) is 2.86. The van der Waals surface area contributed by atoms with Gasteiger partial charge >= 0.3 is 5.97 Å². The normalized spacial score (nSPS) is 12.3. The fourth-order valence-electron chi connectivity index (χ4n) is 1.58. The van der Waals surface area contributed by atoms with Crippen molar-refractivity contribution in [2.45, 2.75) is 19.4 Å². The second-order valence-corrected chi connectivity index (χ2v) is 3.99. The van der Waals surface area contributed by atoms with Crippen LogP contribution in [0.15, 0.2) is 24.7 Å². The summed E-state index contributed by atoms with van der Waals surface area (Å²) in [5.74, 6) is -1.27. The second kappa shape index (κ2) is 4.82. The largest absolute Gasteiger partial charge is 0.481 e. The van der Waals surface area contributed by atoms with E-state index < -0.39 is 12.0 Å². The molecule has 18 heavy (non-hydrogen) atoms. The number of aliphatic carboxylic acids is 1. The molecule has 7 heteroatoms. The first kappa shape index (κ1) is 12.0. The van der Waals surface area contributed by atoms with Gasteiger partial charge in [-0.1, -0.05) is 0 Å². The van der Waals surface area contributed by atoms with Gasteiger partial charge in [-0.05, 0) is 19.1 Å². The van der Waals surface area contributed by atoms with Crippen LogP contribution in [0.2, 0.25) is 0 Å². The van der Waals surface area contributed by atoms with Gasteiger partial charge in [0.05, 0.1) is 12.0 Å². The molecule has 1 unspecified atom stereocenters. The molecule has 0 radical (unpaired) electrons. The summed E-state index contributed by atoms with van der Waals surface area (Å²) in [5.41, 5.74) is 1.07. The zero-order chi connectivity index (χ0) is 13.1. The highest BCUT2D eigenvalue weighted by atomic mass is 16.4. The number of nitrogens with zero attached hydrogens (tertiary/aromatic N) is 3. The number of hydrogen-bond acceptors (Lipinski definition) is 4. The van der Waals surface area contributed by atoms with Gasteiger partial charge in [-0.3, -0.25) is 14.0 Å². The van der Waals surface area contributed by atoms with E-state index in [1.807, 2.05) is 0 Å². The van der Waals surface area contributed by atoms with Crippen molar-refractivity contribution in [2.24, 2.45) is 0 Å². The van der Waals surface area contributed by atoms with Gasteiger partial charge in [0.1, 0.15) is 6.33 Å². The van der Waals surface area contributed by atoms with Crippen molar-refractivity contribution in [2.75, 3.05) is 0 Å². The molecule has 1 amide bonds. The fourth-order valence-corrected chi connectivity index (χ4v) is 1.58. The maximum atomic E-state index is 11.8. The Balaban J connectivity index is 2.10. The van der Waals surface area contributed by atoms with Crippen LogP contribution in [0.5, 0.6) is 0 Å². The lowest BCUT2D eigenvalue weighted by Crippen LogP contribution is -2.34. The van der Waals surface area contributed by atoms with Crippen molar-refractivity contribution < 1.29 is 14.7 Å². The lowest BCUT2D eigenvalue weighted by Gasteiger charge is -2.11. The van der Waals surface area contributed by atoms with Crippen LogP contribution >= 0.6 is 0 Å². The lowest BCUT2D eigenvalue weighted by atomic mass is 10.2. The minimum atomic E-state index is -0.947. The smallest absolute Gasteiger partial charge is 0.305 e. The Morgan fingerprint density at radius 1 is 1.50 bits per heavy atom. The number of hydrogen-bond donors (Lipinski definition) is 2. The van der Waals surface area contributed by atoms with Crippen molar-refractivity contribution in [3.8, 4) is 0 Å². The molecular weight excluding hydrogens is 236 g/mol. The molecule has 2 aromatic rings. The van der Waals surface area contributed by atoms with Gasteiger partial charge in [0.2, 0.25) is 0 Å². The first-order valence-electron chi connectivity index (χ1n) is 5.38. The number of carboxylic acid groups (broad SMARTS) is 1. The van der Waals surface area contributed by atoms with Crippen LogP contribution in [0.25, 0.3) is 5.65 Å². The number of nitrogens with one attached hydrogen (secondary N) is 1. The Bertz CT molecular complexity index is 593. The van der Waals surface area contributed by atoms with E-state index in [0.29, 0.717) is 11.2 Å². The summed E-state index contributed by atoms with van der Waals surface area (Å²) in [6.07, 6.45) is 2.98. The molecule has 0 aliphatic heterocycles. The van der Waals surface area contributed by atoms with Gasteiger partial charge in [0, 0.05) is 12.2 Å². The summed E-state index contributed by atoms with van der Waals surface area (Å²) < 4.78 is 1.62. The van der Waals surface area contributed by atoms with Crippen LogP contribution in [-0.4, -0.2) is 37.6 Å². The molecule has 0 spiro atoms. The van der Waals surface area contributed by atoms with Crippen molar-refractivity contribution in [1.29, 1.82) is 0 Å². The van der Waals surface area contributed by atoms with E-state index in [-0.39, 0.29) is 12.3 Å². The predicted molar refractivity (Wildman–Crippen MR) is 62.2 cm³/mol. The number of pyridine rings is 1. The molecule has 2 rings (SSSR count). The van der Waals surface area contributed by atoms with Crippen LogP contribution in [0, 0.1) is 0 Å². The number of amides is 1. The lowest BCUT2D eigenvalue weighted by molar-refractivity contribution is -0.137. The standard InChI is InChI=1S/C11H12N4O3/c1-7(4-10(16)17)13-11(18)8-2-3-9-14-12-6-15(9)5-8/h2-3,5-7H,4H2,1H3,(H,13,18)(H,16,17). The molecule has 2 heterocycles. The molecule has 0 saturated carbocycles. The number of carbonyl (C=O) groups is 2. The van der Waals surface area contributed by atoms with Crippen molar-refractivity contribution in [3.63, 3.8) is 0 Å². The van der Waals surface area contributed by atoms with E-state index in [9.17, 15) is 9.59 Å². The molecule has 0 aliphatic carbocycles. The molecule has 0 saturated heterocycles. The van der Waals surface area contributed by atoms with Crippen LogP contribution in [-0.2, 0) is 4.79 Å². The molecule has 7 nitrogen and oxygen atoms in total. The van der Waals surface area contributed by atoms with Gasteiger partial charge < -0.3 is 10.4 Å². The highest BCUT2D eigenvalue weighted by molar-refractivity contribution is 5.94. The summed E-state index contributed by atoms with van der Waals surface area (Å²) >= 11 is 0. The minimum Gasteiger partial charge on any atom is -0.481 e. The van der Waals surface area contributed by atoms with Gasteiger partial charge in [-0.15, -0.1) is 10.2 Å². The van der Waals surface area contributed by atoms with E-state index in [1.165, 1.54) is 6.33 Å². The molecule has 94 valence electrons. The van der Waals surface area contributed by atoms with E-state index in [4.69, 9.17) is 5.11 Å². The van der Waals surface area contributed by atoms with Crippen LogP contribution in [0.3, 0.4) is 0 Å². The molecule has 2 aromatic heterocycles. The second-order valence-electron chi connectivity index (χ2n) is 3.99. The van der Waals surface area contributed by atoms with Crippen LogP contribution < -0.4 is 5.32 Å². The van der Waals surface area contributed by atoms with Gasteiger partial charge in [0.25, 0.3) is 5.91 Å². The molecule has 0 fully saturated rings. The van der Waals surface area contributed by atoms with Crippen LogP contribution in [0.4, 0.5) is 0 Å². The topological polar surface area (TPSA) is 96.6 Å². The molecule has 0 aromatic carbocycles. The molecule has 2 N–H and O–H groups in total. The Labute approximate surface area is 102 Å². The Morgan fingerprint density at radius 2 is 2.28 bits per heavy atom. The van der Waals surface area contributed by atoms with Crippen molar-refractivity contribution in [1.82, 2.24) is 19.9 Å². The molecule has 1 atom stereocenters. The summed E-state index contributed by atoms with van der Waals surface area (Å²) in [4.78, 5) is 22.3. The van der Waals surface area contributed by atoms with E-state index in [0.717, 1.165) is 0 Å². The van der Waals surface area contributed by atoms with E-state index >= 15 is 0 Å². The highest BCUT2D eigenvalue weighted by Crippen LogP contribution is 2.04. The SMILES string of the molecule is CC(CC(=O)O)NC(=O)c1ccc2nncn2c1. The molecule has 0 aliphatic rings. The minimum absolute atomic E-state index is 0.111. The number of aromatic nitrogens is 3.